The summed E-state index contributed by atoms with van der Waals surface area (Å²) in [6, 6.07) is 0. The Morgan fingerprint density at radius 2 is 1.78 bits per heavy atom. The highest BCUT2D eigenvalue weighted by atomic mass is 14.2. The highest BCUT2D eigenvalue weighted by Crippen LogP contribution is 2.33. The molecule has 0 aliphatic carbocycles. The first-order chi connectivity index (χ1) is 8.40. The van der Waals surface area contributed by atoms with Gasteiger partial charge in [-0.2, -0.15) is 0 Å². The van der Waals surface area contributed by atoms with Crippen LogP contribution in [-0.4, -0.2) is 6.71 Å². The van der Waals surface area contributed by atoms with Crippen molar-refractivity contribution in [3.8, 4) is 0 Å². The van der Waals surface area contributed by atoms with Crippen molar-refractivity contribution in [1.82, 2.24) is 0 Å². The highest BCUT2D eigenvalue weighted by molar-refractivity contribution is 6.58. The summed E-state index contributed by atoms with van der Waals surface area (Å²) in [5.74, 6) is 2.01. The average molecular weight is 250 g/mol. The van der Waals surface area contributed by atoms with Gasteiger partial charge in [0.15, 0.2) is 0 Å². The highest BCUT2D eigenvalue weighted by Gasteiger charge is 2.25. The summed E-state index contributed by atoms with van der Waals surface area (Å²) in [5.41, 5.74) is 0.535. The fourth-order valence-electron chi connectivity index (χ4n) is 3.17. The van der Waals surface area contributed by atoms with Crippen molar-refractivity contribution in [3.05, 3.63) is 0 Å². The Morgan fingerprint density at radius 1 is 1.17 bits per heavy atom. The molecule has 1 unspecified atom stereocenters. The lowest BCUT2D eigenvalue weighted by molar-refractivity contribution is 0.370. The summed E-state index contributed by atoms with van der Waals surface area (Å²) in [4.78, 5) is 0. The zero-order chi connectivity index (χ0) is 13.6. The van der Waals surface area contributed by atoms with E-state index in [1.807, 2.05) is 0 Å². The van der Waals surface area contributed by atoms with Gasteiger partial charge in [-0.25, -0.2) is 0 Å². The van der Waals surface area contributed by atoms with E-state index in [0.29, 0.717) is 5.41 Å². The average Bonchev–Trinajstić information content (AvgIpc) is 2.33. The van der Waals surface area contributed by atoms with Crippen LogP contribution in [0.2, 0.25) is 19.0 Å². The molecule has 1 saturated heterocycles. The second-order valence-electron chi connectivity index (χ2n) is 8.08. The quantitative estimate of drug-likeness (QED) is 0.495. The molecule has 0 bridgehead atoms. The van der Waals surface area contributed by atoms with E-state index < -0.39 is 0 Å². The molecular formula is C17H35B. The third-order valence-corrected chi connectivity index (χ3v) is 5.03. The first-order valence-electron chi connectivity index (χ1n) is 8.40. The van der Waals surface area contributed by atoms with Gasteiger partial charge in [-0.3, -0.25) is 0 Å². The standard InChI is InChI=1S/C17H35B/c1-6-15(2)7-8-16-9-12-18(13-10-16)14-11-17(3,4)5/h15-16H,6-14H2,1-5H3. The molecular weight excluding hydrogens is 215 g/mol. The van der Waals surface area contributed by atoms with Crippen LogP contribution in [0.3, 0.4) is 0 Å². The normalized spacial score (nSPS) is 20.2. The molecule has 1 aliphatic rings. The van der Waals surface area contributed by atoms with E-state index in [4.69, 9.17) is 0 Å². The van der Waals surface area contributed by atoms with E-state index in [2.05, 4.69) is 34.6 Å². The van der Waals surface area contributed by atoms with Crippen LogP contribution < -0.4 is 0 Å². The summed E-state index contributed by atoms with van der Waals surface area (Å²) >= 11 is 0. The van der Waals surface area contributed by atoms with Gasteiger partial charge in [0, 0.05) is 0 Å². The lowest BCUT2D eigenvalue weighted by Gasteiger charge is -2.29. The molecule has 106 valence electrons. The second-order valence-corrected chi connectivity index (χ2v) is 8.08. The van der Waals surface area contributed by atoms with Crippen molar-refractivity contribution in [2.75, 3.05) is 0 Å². The van der Waals surface area contributed by atoms with Crippen LogP contribution >= 0.6 is 0 Å². The van der Waals surface area contributed by atoms with Gasteiger partial charge in [0.05, 0.1) is 0 Å². The van der Waals surface area contributed by atoms with Crippen molar-refractivity contribution in [1.29, 1.82) is 0 Å². The van der Waals surface area contributed by atoms with Gasteiger partial charge in [-0.05, 0) is 17.3 Å². The fourth-order valence-corrected chi connectivity index (χ4v) is 3.17. The van der Waals surface area contributed by atoms with Crippen LogP contribution in [-0.2, 0) is 0 Å². The summed E-state index contributed by atoms with van der Waals surface area (Å²) < 4.78 is 0. The zero-order valence-corrected chi connectivity index (χ0v) is 13.6. The van der Waals surface area contributed by atoms with Crippen LogP contribution in [0.25, 0.3) is 0 Å². The number of hydrogen-bond donors (Lipinski definition) is 0. The van der Waals surface area contributed by atoms with E-state index in [1.165, 1.54) is 57.5 Å². The van der Waals surface area contributed by atoms with Gasteiger partial charge < -0.3 is 0 Å². The largest absolute Gasteiger partial charge is 0.139 e. The molecule has 0 radical (unpaired) electrons. The minimum atomic E-state index is 0.535. The molecule has 1 aliphatic heterocycles. The van der Waals surface area contributed by atoms with Crippen molar-refractivity contribution >= 4 is 6.71 Å². The fraction of sp³-hybridized carbons (Fsp3) is 1.00. The maximum absolute atomic E-state index is 2.41. The van der Waals surface area contributed by atoms with Crippen molar-refractivity contribution in [2.45, 2.75) is 92.1 Å². The van der Waals surface area contributed by atoms with Gasteiger partial charge in [0.25, 0.3) is 0 Å². The van der Waals surface area contributed by atoms with Crippen LogP contribution in [0.5, 0.6) is 0 Å². The molecule has 0 aromatic rings. The van der Waals surface area contributed by atoms with Crippen LogP contribution in [0, 0.1) is 17.3 Å². The van der Waals surface area contributed by atoms with E-state index in [-0.39, 0.29) is 0 Å². The second kappa shape index (κ2) is 7.60. The molecule has 0 spiro atoms. The van der Waals surface area contributed by atoms with Gasteiger partial charge >= 0.3 is 0 Å². The Morgan fingerprint density at radius 3 is 2.28 bits per heavy atom. The Kier molecular flexibility index (Phi) is 6.81. The molecule has 0 aromatic carbocycles. The van der Waals surface area contributed by atoms with Gasteiger partial charge in [-0.1, -0.05) is 92.1 Å². The summed E-state index contributed by atoms with van der Waals surface area (Å²) in [7, 11) is 0. The molecule has 1 atom stereocenters. The maximum Gasteiger partial charge on any atom is 0.139 e. The third-order valence-electron chi connectivity index (χ3n) is 5.03. The molecule has 0 amide bonds. The Hall–Kier alpha value is 0.0649. The molecule has 0 saturated carbocycles. The van der Waals surface area contributed by atoms with Crippen molar-refractivity contribution < 1.29 is 0 Å². The van der Waals surface area contributed by atoms with Gasteiger partial charge in [-0.15, -0.1) is 0 Å². The molecule has 1 heteroatoms. The monoisotopic (exact) mass is 250 g/mol. The molecule has 1 rings (SSSR count). The first-order valence-corrected chi connectivity index (χ1v) is 8.40. The topological polar surface area (TPSA) is 0 Å². The smallest absolute Gasteiger partial charge is 0.0739 e. The molecule has 18 heavy (non-hydrogen) atoms. The lowest BCUT2D eigenvalue weighted by Crippen LogP contribution is -2.23. The predicted octanol–water partition coefficient (Wildman–Crippen LogP) is 6.15. The SMILES string of the molecule is CCC(C)CCC1CCB(CCC(C)(C)C)CC1. The van der Waals surface area contributed by atoms with Crippen molar-refractivity contribution in [2.24, 2.45) is 17.3 Å². The zero-order valence-electron chi connectivity index (χ0n) is 13.6. The third kappa shape index (κ3) is 6.85. The summed E-state index contributed by atoms with van der Waals surface area (Å²) in [6.07, 6.45) is 13.3. The molecule has 0 N–H and O–H groups in total. The maximum atomic E-state index is 2.41. The molecule has 0 nitrogen and oxygen atoms in total. The van der Waals surface area contributed by atoms with Crippen LogP contribution in [0.1, 0.15) is 73.1 Å². The molecule has 1 heterocycles. The van der Waals surface area contributed by atoms with E-state index in [1.54, 1.807) is 0 Å². The Balaban J connectivity index is 2.13. The summed E-state index contributed by atoms with van der Waals surface area (Å²) in [5, 5.41) is 0. The first kappa shape index (κ1) is 16.1. The van der Waals surface area contributed by atoms with Crippen molar-refractivity contribution in [3.63, 3.8) is 0 Å². The van der Waals surface area contributed by atoms with E-state index in [0.717, 1.165) is 18.5 Å². The lowest BCUT2D eigenvalue weighted by atomic mass is 9.37. The number of hydrogen-bond acceptors (Lipinski definition) is 0. The Labute approximate surface area is 116 Å². The van der Waals surface area contributed by atoms with Gasteiger partial charge in [0.1, 0.15) is 6.71 Å². The number of rotatable bonds is 6. The summed E-state index contributed by atoms with van der Waals surface area (Å²) in [6.45, 7) is 12.9. The minimum absolute atomic E-state index is 0.535. The van der Waals surface area contributed by atoms with Gasteiger partial charge in [0.2, 0.25) is 0 Å². The van der Waals surface area contributed by atoms with Crippen LogP contribution in [0.4, 0.5) is 0 Å². The Bertz CT molecular complexity index is 208. The molecule has 0 aromatic heterocycles. The predicted molar refractivity (Wildman–Crippen MR) is 85.7 cm³/mol. The minimum Gasteiger partial charge on any atom is -0.0739 e. The molecule has 1 fully saturated rings. The van der Waals surface area contributed by atoms with Crippen LogP contribution in [0.15, 0.2) is 0 Å². The van der Waals surface area contributed by atoms with E-state index in [9.17, 15) is 0 Å². The van der Waals surface area contributed by atoms with E-state index >= 15 is 0 Å².